The highest BCUT2D eigenvalue weighted by Gasteiger charge is 1.88. The van der Waals surface area contributed by atoms with Crippen LogP contribution >= 0.6 is 15.9 Å². The van der Waals surface area contributed by atoms with Crippen molar-refractivity contribution in [2.75, 3.05) is 19.0 Å². The summed E-state index contributed by atoms with van der Waals surface area (Å²) in [6, 6.07) is 17.5. The van der Waals surface area contributed by atoms with E-state index in [2.05, 4.69) is 33.0 Å². The van der Waals surface area contributed by atoms with Crippen LogP contribution in [-0.2, 0) is 0 Å². The van der Waals surface area contributed by atoms with E-state index < -0.39 is 0 Å². The monoisotopic (exact) mass is 305 g/mol. The first-order valence-corrected chi connectivity index (χ1v) is 6.36. The van der Waals surface area contributed by atoms with E-state index in [1.54, 1.807) is 12.1 Å². The molecule has 2 aromatic rings. The van der Waals surface area contributed by atoms with Gasteiger partial charge in [0.15, 0.2) is 0 Å². The first-order valence-electron chi connectivity index (χ1n) is 5.56. The molecule has 0 amide bonds. The lowest BCUT2D eigenvalue weighted by Crippen LogP contribution is -2.07. The average Bonchev–Trinajstić information content (AvgIpc) is 2.40. The normalized spacial score (nSPS) is 9.06. The Balaban J connectivity index is 0.000000180. The Bertz CT molecular complexity index is 483. The standard InChI is InChI=1S/C8H11N.C7H5BrO/c1-9(2)8-6-4-3-5-7-8;8-7-3-1-2-6(4-7)5-9/h3-7H,1-2H3;1-5H. The predicted molar refractivity (Wildman–Crippen MR) is 80.3 cm³/mol. The molecule has 0 aliphatic heterocycles. The van der Waals surface area contributed by atoms with Crippen molar-refractivity contribution in [1.82, 2.24) is 0 Å². The molecular weight excluding hydrogens is 290 g/mol. The average molecular weight is 306 g/mol. The second-order valence-electron chi connectivity index (χ2n) is 3.90. The molecule has 18 heavy (non-hydrogen) atoms. The van der Waals surface area contributed by atoms with Gasteiger partial charge in [-0.1, -0.05) is 46.3 Å². The molecule has 0 heterocycles. The largest absolute Gasteiger partial charge is 0.378 e. The minimum atomic E-state index is 0.698. The quantitative estimate of drug-likeness (QED) is 0.781. The van der Waals surface area contributed by atoms with Gasteiger partial charge in [-0.15, -0.1) is 0 Å². The zero-order chi connectivity index (χ0) is 13.4. The number of carbonyl (C=O) groups is 1. The summed E-state index contributed by atoms with van der Waals surface area (Å²) in [7, 11) is 4.07. The van der Waals surface area contributed by atoms with Gasteiger partial charge >= 0.3 is 0 Å². The fourth-order valence-electron chi connectivity index (χ4n) is 1.31. The third-order valence-corrected chi connectivity index (χ3v) is 2.75. The van der Waals surface area contributed by atoms with E-state index >= 15 is 0 Å². The molecule has 94 valence electrons. The van der Waals surface area contributed by atoms with Crippen LogP contribution in [-0.4, -0.2) is 20.4 Å². The van der Waals surface area contributed by atoms with Crippen molar-refractivity contribution in [2.24, 2.45) is 0 Å². The molecule has 0 atom stereocenters. The van der Waals surface area contributed by atoms with Crippen LogP contribution in [0.1, 0.15) is 10.4 Å². The Kier molecular flexibility index (Phi) is 6.15. The van der Waals surface area contributed by atoms with E-state index in [9.17, 15) is 4.79 Å². The van der Waals surface area contributed by atoms with Gasteiger partial charge in [0.2, 0.25) is 0 Å². The number of carbonyl (C=O) groups excluding carboxylic acids is 1. The zero-order valence-corrected chi connectivity index (χ0v) is 12.1. The third kappa shape index (κ3) is 5.15. The highest BCUT2D eigenvalue weighted by Crippen LogP contribution is 2.09. The van der Waals surface area contributed by atoms with Crippen molar-refractivity contribution in [3.63, 3.8) is 0 Å². The summed E-state index contributed by atoms with van der Waals surface area (Å²) in [5.41, 5.74) is 1.95. The van der Waals surface area contributed by atoms with Crippen LogP contribution in [0, 0.1) is 0 Å². The van der Waals surface area contributed by atoms with E-state index in [0.29, 0.717) is 5.56 Å². The van der Waals surface area contributed by atoms with Crippen LogP contribution < -0.4 is 4.90 Å². The predicted octanol–water partition coefficient (Wildman–Crippen LogP) is 4.01. The summed E-state index contributed by atoms with van der Waals surface area (Å²) in [5.74, 6) is 0. The third-order valence-electron chi connectivity index (χ3n) is 2.26. The molecule has 0 saturated carbocycles. The van der Waals surface area contributed by atoms with Crippen molar-refractivity contribution < 1.29 is 4.79 Å². The lowest BCUT2D eigenvalue weighted by Gasteiger charge is -2.10. The van der Waals surface area contributed by atoms with Crippen molar-refractivity contribution >= 4 is 27.9 Å². The van der Waals surface area contributed by atoms with Gasteiger partial charge in [-0.3, -0.25) is 4.79 Å². The molecule has 2 nitrogen and oxygen atoms in total. The molecular formula is C15H16BrNO. The minimum Gasteiger partial charge on any atom is -0.378 e. The Labute approximate surface area is 116 Å². The van der Waals surface area contributed by atoms with Gasteiger partial charge < -0.3 is 4.90 Å². The van der Waals surface area contributed by atoms with Crippen molar-refractivity contribution in [3.8, 4) is 0 Å². The number of hydrogen-bond donors (Lipinski definition) is 0. The first-order chi connectivity index (χ1) is 8.63. The summed E-state index contributed by atoms with van der Waals surface area (Å²) >= 11 is 3.24. The topological polar surface area (TPSA) is 20.3 Å². The van der Waals surface area contributed by atoms with Gasteiger partial charge in [0, 0.05) is 29.8 Å². The summed E-state index contributed by atoms with van der Waals surface area (Å²) in [5, 5.41) is 0. The highest BCUT2D eigenvalue weighted by molar-refractivity contribution is 9.10. The SMILES string of the molecule is CN(C)c1ccccc1.O=Cc1cccc(Br)c1. The molecule has 0 bridgehead atoms. The number of halogens is 1. The van der Waals surface area contributed by atoms with Gasteiger partial charge in [-0.05, 0) is 24.3 Å². The maximum Gasteiger partial charge on any atom is 0.150 e. The first kappa shape index (κ1) is 14.5. The lowest BCUT2D eigenvalue weighted by atomic mass is 10.2. The zero-order valence-electron chi connectivity index (χ0n) is 10.5. The number of aldehydes is 1. The summed E-state index contributed by atoms with van der Waals surface area (Å²) < 4.78 is 0.937. The van der Waals surface area contributed by atoms with E-state index in [1.165, 1.54) is 5.69 Å². The van der Waals surface area contributed by atoms with Gasteiger partial charge in [0.05, 0.1) is 0 Å². The fourth-order valence-corrected chi connectivity index (χ4v) is 1.72. The lowest BCUT2D eigenvalue weighted by molar-refractivity contribution is 0.112. The summed E-state index contributed by atoms with van der Waals surface area (Å²) in [4.78, 5) is 12.2. The number of nitrogens with zero attached hydrogens (tertiary/aromatic N) is 1. The van der Waals surface area contributed by atoms with E-state index in [4.69, 9.17) is 0 Å². The van der Waals surface area contributed by atoms with Crippen LogP contribution in [0.4, 0.5) is 5.69 Å². The van der Waals surface area contributed by atoms with E-state index in [0.717, 1.165) is 10.8 Å². The number of rotatable bonds is 2. The van der Waals surface area contributed by atoms with Gasteiger partial charge in [0.1, 0.15) is 6.29 Å². The molecule has 2 aromatic carbocycles. The maximum absolute atomic E-state index is 10.1. The molecule has 0 aliphatic carbocycles. The Morgan fingerprint density at radius 1 is 1.00 bits per heavy atom. The highest BCUT2D eigenvalue weighted by atomic mass is 79.9. The molecule has 0 spiro atoms. The van der Waals surface area contributed by atoms with Crippen LogP contribution in [0.25, 0.3) is 0 Å². The number of hydrogen-bond acceptors (Lipinski definition) is 2. The van der Waals surface area contributed by atoms with Crippen molar-refractivity contribution in [3.05, 3.63) is 64.6 Å². The summed E-state index contributed by atoms with van der Waals surface area (Å²) in [6.45, 7) is 0. The second kappa shape index (κ2) is 7.67. The molecule has 0 saturated heterocycles. The molecule has 3 heteroatoms. The van der Waals surface area contributed by atoms with Gasteiger partial charge in [-0.2, -0.15) is 0 Å². The molecule has 0 aromatic heterocycles. The number of para-hydroxylation sites is 1. The molecule has 0 fully saturated rings. The summed E-state index contributed by atoms with van der Waals surface area (Å²) in [6.07, 6.45) is 0.824. The van der Waals surface area contributed by atoms with Crippen molar-refractivity contribution in [1.29, 1.82) is 0 Å². The van der Waals surface area contributed by atoms with E-state index in [-0.39, 0.29) is 0 Å². The second-order valence-corrected chi connectivity index (χ2v) is 4.82. The fraction of sp³-hybridized carbons (Fsp3) is 0.133. The Morgan fingerprint density at radius 3 is 2.06 bits per heavy atom. The van der Waals surface area contributed by atoms with Crippen LogP contribution in [0.5, 0.6) is 0 Å². The molecule has 0 unspecified atom stereocenters. The molecule has 2 rings (SSSR count). The van der Waals surface area contributed by atoms with Crippen LogP contribution in [0.15, 0.2) is 59.1 Å². The maximum atomic E-state index is 10.1. The Hall–Kier alpha value is -1.61. The van der Waals surface area contributed by atoms with Gasteiger partial charge in [0.25, 0.3) is 0 Å². The smallest absolute Gasteiger partial charge is 0.150 e. The molecule has 0 N–H and O–H groups in total. The number of anilines is 1. The van der Waals surface area contributed by atoms with Gasteiger partial charge in [-0.25, -0.2) is 0 Å². The van der Waals surface area contributed by atoms with E-state index in [1.807, 2.05) is 44.4 Å². The Morgan fingerprint density at radius 2 is 1.67 bits per heavy atom. The van der Waals surface area contributed by atoms with Crippen molar-refractivity contribution in [2.45, 2.75) is 0 Å². The van der Waals surface area contributed by atoms with Crippen LogP contribution in [0.3, 0.4) is 0 Å². The molecule has 0 aliphatic rings. The number of benzene rings is 2. The minimum absolute atomic E-state index is 0.698. The molecule has 0 radical (unpaired) electrons. The van der Waals surface area contributed by atoms with Crippen LogP contribution in [0.2, 0.25) is 0 Å².